The van der Waals surface area contributed by atoms with Crippen molar-refractivity contribution in [2.24, 2.45) is 11.3 Å². The Labute approximate surface area is 201 Å². The zero-order valence-corrected chi connectivity index (χ0v) is 19.9. The summed E-state index contributed by atoms with van der Waals surface area (Å²) in [7, 11) is 0. The first kappa shape index (κ1) is 24.5. The van der Waals surface area contributed by atoms with Crippen molar-refractivity contribution in [3.8, 4) is 6.07 Å². The number of aromatic nitrogens is 1. The molecule has 8 heteroatoms. The van der Waals surface area contributed by atoms with Crippen molar-refractivity contribution in [1.29, 1.82) is 5.26 Å². The molecule has 2 fully saturated rings. The molecule has 2 saturated carbocycles. The molecular weight excluding hydrogens is 432 g/mol. The maximum Gasteiger partial charge on any atom is 0.326 e. The minimum absolute atomic E-state index is 0.150. The summed E-state index contributed by atoms with van der Waals surface area (Å²) in [5.74, 6) is 0.117. The summed E-state index contributed by atoms with van der Waals surface area (Å²) in [6, 6.07) is 5.46. The highest BCUT2D eigenvalue weighted by Gasteiger charge is 2.41. The lowest BCUT2D eigenvalue weighted by atomic mass is 9.74. The summed E-state index contributed by atoms with van der Waals surface area (Å²) in [6.07, 6.45) is 10.3. The predicted molar refractivity (Wildman–Crippen MR) is 127 cm³/mol. The van der Waals surface area contributed by atoms with Gasteiger partial charge in [-0.3, -0.25) is 4.79 Å². The molecule has 4 rings (SSSR count). The normalized spacial score (nSPS) is 24.0. The number of pyridine rings is 1. The van der Waals surface area contributed by atoms with Gasteiger partial charge in [0, 0.05) is 25.3 Å². The average Bonchev–Trinajstić information content (AvgIpc) is 2.84. The van der Waals surface area contributed by atoms with Gasteiger partial charge < -0.3 is 20.5 Å². The van der Waals surface area contributed by atoms with Crippen LogP contribution in [-0.4, -0.2) is 47.3 Å². The number of hydrogen-bond donors (Lipinski definition) is 3. The lowest BCUT2D eigenvalue weighted by Gasteiger charge is -2.35. The smallest absolute Gasteiger partial charge is 0.326 e. The first-order chi connectivity index (χ1) is 16.5. The molecule has 0 unspecified atom stereocenters. The van der Waals surface area contributed by atoms with Crippen molar-refractivity contribution in [3.05, 3.63) is 23.4 Å². The molecule has 3 N–H and O–H groups in total. The molecule has 184 valence electrons. The van der Waals surface area contributed by atoms with Crippen molar-refractivity contribution in [2.45, 2.75) is 89.2 Å². The maximum absolute atomic E-state index is 12.7. The number of amides is 1. The van der Waals surface area contributed by atoms with E-state index in [2.05, 4.69) is 28.8 Å². The van der Waals surface area contributed by atoms with Crippen molar-refractivity contribution < 1.29 is 19.4 Å². The van der Waals surface area contributed by atoms with Crippen LogP contribution < -0.4 is 10.6 Å². The van der Waals surface area contributed by atoms with E-state index >= 15 is 0 Å². The SMILES string of the molecule is N#CC1(C(=O)N[C@@H](CCOC2CC(CCc3ccc4c(n3)NCCC4)C2)C(=O)O)CCCCC1. The minimum Gasteiger partial charge on any atom is -0.480 e. The maximum atomic E-state index is 12.7. The zero-order chi connectivity index (χ0) is 24.0. The minimum atomic E-state index is -1.09. The van der Waals surface area contributed by atoms with Gasteiger partial charge in [0.05, 0.1) is 12.2 Å². The molecule has 3 aliphatic rings. The third-order valence-corrected chi connectivity index (χ3v) is 7.67. The molecule has 8 nitrogen and oxygen atoms in total. The van der Waals surface area contributed by atoms with E-state index < -0.39 is 23.3 Å². The molecule has 1 aromatic rings. The summed E-state index contributed by atoms with van der Waals surface area (Å²) in [5, 5.41) is 25.1. The Hall–Kier alpha value is -2.66. The summed E-state index contributed by atoms with van der Waals surface area (Å²) in [4.78, 5) is 29.1. The Bertz CT molecular complexity index is 916. The van der Waals surface area contributed by atoms with Crippen molar-refractivity contribution in [1.82, 2.24) is 10.3 Å². The number of aliphatic carboxylic acids is 1. The van der Waals surface area contributed by atoms with Gasteiger partial charge in [0.1, 0.15) is 17.3 Å². The number of nitriles is 1. The molecule has 0 spiro atoms. The molecule has 1 amide bonds. The molecule has 1 aliphatic heterocycles. The number of carboxylic acid groups (broad SMARTS) is 1. The number of nitrogens with zero attached hydrogens (tertiary/aromatic N) is 2. The number of rotatable bonds is 10. The third kappa shape index (κ3) is 5.87. The first-order valence-corrected chi connectivity index (χ1v) is 12.8. The van der Waals surface area contributed by atoms with E-state index in [0.29, 0.717) is 18.8 Å². The van der Waals surface area contributed by atoms with Crippen LogP contribution >= 0.6 is 0 Å². The topological polar surface area (TPSA) is 124 Å². The Balaban J connectivity index is 1.15. The lowest BCUT2D eigenvalue weighted by molar-refractivity contribution is -0.144. The first-order valence-electron chi connectivity index (χ1n) is 12.8. The summed E-state index contributed by atoms with van der Waals surface area (Å²) >= 11 is 0. The van der Waals surface area contributed by atoms with Crippen molar-refractivity contribution >= 4 is 17.7 Å². The average molecular weight is 469 g/mol. The molecule has 34 heavy (non-hydrogen) atoms. The third-order valence-electron chi connectivity index (χ3n) is 7.67. The van der Waals surface area contributed by atoms with Gasteiger partial charge >= 0.3 is 5.97 Å². The number of carbonyl (C=O) groups is 2. The Morgan fingerprint density at radius 2 is 2.06 bits per heavy atom. The van der Waals surface area contributed by atoms with Gasteiger partial charge in [0.25, 0.3) is 0 Å². The lowest BCUT2D eigenvalue weighted by Crippen LogP contribution is -2.49. The van der Waals surface area contributed by atoms with Crippen LogP contribution in [0.25, 0.3) is 0 Å². The monoisotopic (exact) mass is 468 g/mol. The van der Waals surface area contributed by atoms with Gasteiger partial charge in [-0.2, -0.15) is 5.26 Å². The molecule has 2 aliphatic carbocycles. The van der Waals surface area contributed by atoms with Crippen LogP contribution in [-0.2, 0) is 27.2 Å². The fourth-order valence-electron chi connectivity index (χ4n) is 5.36. The van der Waals surface area contributed by atoms with Crippen LogP contribution in [0.2, 0.25) is 0 Å². The van der Waals surface area contributed by atoms with Crippen LogP contribution in [0.3, 0.4) is 0 Å². The second kappa shape index (κ2) is 11.2. The quantitative estimate of drug-likeness (QED) is 0.479. The van der Waals surface area contributed by atoms with E-state index in [1.54, 1.807) is 0 Å². The van der Waals surface area contributed by atoms with Crippen LogP contribution in [0, 0.1) is 22.7 Å². The molecule has 0 radical (unpaired) electrons. The van der Waals surface area contributed by atoms with E-state index in [1.165, 1.54) is 5.56 Å². The highest BCUT2D eigenvalue weighted by Crippen LogP contribution is 2.36. The molecule has 2 heterocycles. The molecule has 1 aromatic heterocycles. The van der Waals surface area contributed by atoms with E-state index in [9.17, 15) is 20.0 Å². The molecule has 0 bridgehead atoms. The number of nitrogens with one attached hydrogen (secondary N) is 2. The summed E-state index contributed by atoms with van der Waals surface area (Å²) in [5.41, 5.74) is 1.35. The predicted octanol–water partition coefficient (Wildman–Crippen LogP) is 3.60. The largest absolute Gasteiger partial charge is 0.480 e. The molecule has 0 saturated heterocycles. The number of carbonyl (C=O) groups excluding carboxylic acids is 1. The van der Waals surface area contributed by atoms with Gasteiger partial charge in [0.15, 0.2) is 0 Å². The fourth-order valence-corrected chi connectivity index (χ4v) is 5.36. The van der Waals surface area contributed by atoms with Gasteiger partial charge in [-0.15, -0.1) is 0 Å². The number of carboxylic acids is 1. The highest BCUT2D eigenvalue weighted by molar-refractivity contribution is 5.89. The van der Waals surface area contributed by atoms with Crippen molar-refractivity contribution in [3.63, 3.8) is 0 Å². The van der Waals surface area contributed by atoms with Gasteiger partial charge in [-0.05, 0) is 68.9 Å². The van der Waals surface area contributed by atoms with Crippen LogP contribution in [0.5, 0.6) is 0 Å². The van der Waals surface area contributed by atoms with Gasteiger partial charge in [0.2, 0.25) is 5.91 Å². The van der Waals surface area contributed by atoms with Crippen molar-refractivity contribution in [2.75, 3.05) is 18.5 Å². The molecular formula is C26H36N4O4. The molecule has 0 aromatic carbocycles. The second-order valence-electron chi connectivity index (χ2n) is 10.1. The Morgan fingerprint density at radius 1 is 1.26 bits per heavy atom. The second-order valence-corrected chi connectivity index (χ2v) is 10.1. The summed E-state index contributed by atoms with van der Waals surface area (Å²) in [6.45, 7) is 1.28. The van der Waals surface area contributed by atoms with Gasteiger partial charge in [-0.25, -0.2) is 9.78 Å². The zero-order valence-electron chi connectivity index (χ0n) is 19.9. The number of ether oxygens (including phenoxy) is 1. The van der Waals surface area contributed by atoms with E-state index in [1.807, 2.05) is 0 Å². The number of hydrogen-bond acceptors (Lipinski definition) is 6. The van der Waals surface area contributed by atoms with Crippen LogP contribution in [0.15, 0.2) is 12.1 Å². The van der Waals surface area contributed by atoms with Crippen LogP contribution in [0.4, 0.5) is 5.82 Å². The highest BCUT2D eigenvalue weighted by atomic mass is 16.5. The van der Waals surface area contributed by atoms with E-state index in [0.717, 1.165) is 75.8 Å². The molecule has 1 atom stereocenters. The number of anilines is 1. The van der Waals surface area contributed by atoms with Gasteiger partial charge in [-0.1, -0.05) is 25.3 Å². The fraction of sp³-hybridized carbons (Fsp3) is 0.692. The standard InChI is InChI=1S/C26H36N4O4/c27-17-26(11-2-1-3-12-26)25(33)30-22(24(31)32)10-14-34-21-15-18(16-21)6-8-20-9-7-19-5-4-13-28-23(19)29-20/h7,9,18,21-22H,1-6,8,10-16H2,(H,28,29)(H,30,33)(H,31,32)/t18?,21?,22-/m0/s1. The Morgan fingerprint density at radius 3 is 2.79 bits per heavy atom. The Kier molecular flexibility index (Phi) is 8.04. The number of aryl methyl sites for hydroxylation is 2. The van der Waals surface area contributed by atoms with E-state index in [4.69, 9.17) is 9.72 Å². The summed E-state index contributed by atoms with van der Waals surface area (Å²) < 4.78 is 5.89. The van der Waals surface area contributed by atoms with Crippen LogP contribution in [0.1, 0.15) is 75.5 Å². The number of fused-ring (bicyclic) bond motifs is 1. The van der Waals surface area contributed by atoms with E-state index in [-0.39, 0.29) is 19.1 Å².